The molecule has 0 amide bonds. The highest BCUT2D eigenvalue weighted by Crippen LogP contribution is 2.45. The van der Waals surface area contributed by atoms with E-state index >= 15 is 0 Å². The monoisotopic (exact) mass is 1380 g/mol. The number of carbonyl (C=O) groups excluding carboxylic acids is 4. The van der Waals surface area contributed by atoms with Crippen molar-refractivity contribution in [3.8, 4) is 0 Å². The molecular formula is C75H146O17P2. The van der Waals surface area contributed by atoms with E-state index in [2.05, 4.69) is 41.5 Å². The van der Waals surface area contributed by atoms with Gasteiger partial charge in [0, 0.05) is 25.7 Å². The fourth-order valence-corrected chi connectivity index (χ4v) is 13.1. The Kier molecular flexibility index (Phi) is 65.5. The van der Waals surface area contributed by atoms with Gasteiger partial charge in [0.25, 0.3) is 0 Å². The summed E-state index contributed by atoms with van der Waals surface area (Å²) in [6.07, 6.45) is 54.3. The second-order valence-electron chi connectivity index (χ2n) is 28.0. The minimum atomic E-state index is -4.96. The molecule has 0 saturated heterocycles. The first-order chi connectivity index (χ1) is 45.4. The normalized spacial score (nSPS) is 14.0. The van der Waals surface area contributed by atoms with Gasteiger partial charge >= 0.3 is 39.5 Å². The van der Waals surface area contributed by atoms with Gasteiger partial charge < -0.3 is 33.8 Å². The van der Waals surface area contributed by atoms with Crippen LogP contribution >= 0.6 is 15.6 Å². The molecule has 0 aliphatic rings. The van der Waals surface area contributed by atoms with Crippen molar-refractivity contribution in [3.05, 3.63) is 0 Å². The van der Waals surface area contributed by atoms with Crippen molar-refractivity contribution in [2.45, 2.75) is 407 Å². The number of ether oxygens (including phenoxy) is 4. The molecular weight excluding hydrogens is 1230 g/mol. The lowest BCUT2D eigenvalue weighted by molar-refractivity contribution is -0.161. The molecule has 0 saturated carbocycles. The SMILES string of the molecule is CCCCCCCCCCCCCCCCCCCCC(=O)O[C@H](COC(=O)CCCCCCCCCCCCCCCCC)COP(=O)(O)OC[C@@H](O)COP(=O)(O)OC[C@@H](COC(=O)CCCCCCCCC(C)C)OC(=O)CCCCCCCCCCCC(C)C. The van der Waals surface area contributed by atoms with Crippen molar-refractivity contribution in [1.82, 2.24) is 0 Å². The number of rotatable bonds is 74. The van der Waals surface area contributed by atoms with Gasteiger partial charge in [0.15, 0.2) is 12.2 Å². The number of carbonyl (C=O) groups is 4. The molecule has 17 nitrogen and oxygen atoms in total. The van der Waals surface area contributed by atoms with E-state index in [1.54, 1.807) is 0 Å². The lowest BCUT2D eigenvalue weighted by Gasteiger charge is -2.21. The Morgan fingerprint density at radius 2 is 0.489 bits per heavy atom. The van der Waals surface area contributed by atoms with E-state index in [1.807, 2.05) is 0 Å². The van der Waals surface area contributed by atoms with Gasteiger partial charge in [-0.25, -0.2) is 9.13 Å². The van der Waals surface area contributed by atoms with E-state index in [4.69, 9.17) is 37.0 Å². The summed E-state index contributed by atoms with van der Waals surface area (Å²) in [5, 5.41) is 10.6. The summed E-state index contributed by atoms with van der Waals surface area (Å²) in [6.45, 7) is 9.48. The van der Waals surface area contributed by atoms with Crippen LogP contribution < -0.4 is 0 Å². The Morgan fingerprint density at radius 3 is 0.723 bits per heavy atom. The minimum Gasteiger partial charge on any atom is -0.462 e. The molecule has 19 heteroatoms. The van der Waals surface area contributed by atoms with E-state index in [0.29, 0.717) is 31.6 Å². The Hall–Kier alpha value is -1.94. The largest absolute Gasteiger partial charge is 0.472 e. The molecule has 0 radical (unpaired) electrons. The van der Waals surface area contributed by atoms with Crippen molar-refractivity contribution < 1.29 is 80.2 Å². The first-order valence-corrected chi connectivity index (χ1v) is 42.0. The van der Waals surface area contributed by atoms with Crippen molar-refractivity contribution >= 4 is 39.5 Å². The van der Waals surface area contributed by atoms with Crippen molar-refractivity contribution in [3.63, 3.8) is 0 Å². The van der Waals surface area contributed by atoms with Crippen LogP contribution in [0.3, 0.4) is 0 Å². The second-order valence-corrected chi connectivity index (χ2v) is 30.9. The zero-order chi connectivity index (χ0) is 69.3. The van der Waals surface area contributed by atoms with Crippen LogP contribution in [-0.4, -0.2) is 96.7 Å². The Balaban J connectivity index is 5.23. The van der Waals surface area contributed by atoms with E-state index in [0.717, 1.165) is 102 Å². The maximum absolute atomic E-state index is 13.1. The van der Waals surface area contributed by atoms with Crippen molar-refractivity contribution in [1.29, 1.82) is 0 Å². The predicted octanol–water partition coefficient (Wildman–Crippen LogP) is 21.9. The highest BCUT2D eigenvalue weighted by Gasteiger charge is 2.30. The summed E-state index contributed by atoms with van der Waals surface area (Å²) in [4.78, 5) is 72.7. The van der Waals surface area contributed by atoms with Crippen molar-refractivity contribution in [2.24, 2.45) is 11.8 Å². The quantitative estimate of drug-likeness (QED) is 0.0222. The molecule has 0 bridgehead atoms. The van der Waals surface area contributed by atoms with E-state index in [1.165, 1.54) is 199 Å². The van der Waals surface area contributed by atoms with Gasteiger partial charge in [-0.15, -0.1) is 0 Å². The number of hydrogen-bond donors (Lipinski definition) is 3. The van der Waals surface area contributed by atoms with E-state index in [-0.39, 0.29) is 25.7 Å². The predicted molar refractivity (Wildman–Crippen MR) is 381 cm³/mol. The van der Waals surface area contributed by atoms with Crippen LogP contribution in [0.2, 0.25) is 0 Å². The van der Waals surface area contributed by atoms with Gasteiger partial charge in [0.05, 0.1) is 26.4 Å². The Bertz CT molecular complexity index is 1820. The third-order valence-corrected chi connectivity index (χ3v) is 19.4. The van der Waals surface area contributed by atoms with Gasteiger partial charge in [0.1, 0.15) is 19.3 Å². The highest BCUT2D eigenvalue weighted by atomic mass is 31.2. The zero-order valence-electron chi connectivity index (χ0n) is 61.3. The molecule has 0 aliphatic heterocycles. The summed E-state index contributed by atoms with van der Waals surface area (Å²) in [5.74, 6) is -0.703. The van der Waals surface area contributed by atoms with Crippen LogP contribution in [0.4, 0.5) is 0 Å². The number of phosphoric ester groups is 2. The first-order valence-electron chi connectivity index (χ1n) is 39.0. The summed E-state index contributed by atoms with van der Waals surface area (Å²) < 4.78 is 68.5. The molecule has 0 fully saturated rings. The summed E-state index contributed by atoms with van der Waals surface area (Å²) in [5.41, 5.74) is 0. The number of hydrogen-bond acceptors (Lipinski definition) is 15. The molecule has 0 aromatic carbocycles. The number of esters is 4. The summed E-state index contributed by atoms with van der Waals surface area (Å²) in [7, 11) is -9.91. The first kappa shape index (κ1) is 92.1. The molecule has 94 heavy (non-hydrogen) atoms. The fourth-order valence-electron chi connectivity index (χ4n) is 11.5. The van der Waals surface area contributed by atoms with Gasteiger partial charge in [-0.2, -0.15) is 0 Å². The molecule has 0 spiro atoms. The molecule has 0 aliphatic carbocycles. The molecule has 0 aromatic rings. The van der Waals surface area contributed by atoms with Gasteiger partial charge in [0.2, 0.25) is 0 Å². The smallest absolute Gasteiger partial charge is 0.462 e. The maximum Gasteiger partial charge on any atom is 0.472 e. The molecule has 0 aromatic heterocycles. The molecule has 5 atom stereocenters. The van der Waals surface area contributed by atoms with Crippen LogP contribution in [0, 0.1) is 11.8 Å². The van der Waals surface area contributed by atoms with Crippen molar-refractivity contribution in [2.75, 3.05) is 39.6 Å². The van der Waals surface area contributed by atoms with E-state index in [9.17, 15) is 43.2 Å². The number of aliphatic hydroxyl groups excluding tert-OH is 1. The maximum atomic E-state index is 13.1. The zero-order valence-corrected chi connectivity index (χ0v) is 63.1. The second kappa shape index (κ2) is 66.9. The van der Waals surface area contributed by atoms with Crippen LogP contribution in [0.1, 0.15) is 388 Å². The third kappa shape index (κ3) is 68.6. The third-order valence-electron chi connectivity index (χ3n) is 17.5. The topological polar surface area (TPSA) is 237 Å². The van der Waals surface area contributed by atoms with Gasteiger partial charge in [-0.05, 0) is 37.5 Å². The number of unbranched alkanes of at least 4 members (excludes halogenated alkanes) is 44. The molecule has 3 N–H and O–H groups in total. The van der Waals surface area contributed by atoms with Crippen LogP contribution in [0.5, 0.6) is 0 Å². The Labute approximate surface area is 575 Å². The lowest BCUT2D eigenvalue weighted by Crippen LogP contribution is -2.30. The van der Waals surface area contributed by atoms with Gasteiger partial charge in [-0.1, -0.05) is 337 Å². The lowest BCUT2D eigenvalue weighted by atomic mass is 10.0. The van der Waals surface area contributed by atoms with Crippen LogP contribution in [0.25, 0.3) is 0 Å². The molecule has 558 valence electrons. The average Bonchev–Trinajstić information content (AvgIpc) is 1.64. The molecule has 0 heterocycles. The summed E-state index contributed by atoms with van der Waals surface area (Å²) in [6, 6.07) is 0. The fraction of sp³-hybridized carbons (Fsp3) is 0.947. The number of aliphatic hydroxyl groups is 1. The van der Waals surface area contributed by atoms with Crippen LogP contribution in [-0.2, 0) is 65.4 Å². The van der Waals surface area contributed by atoms with Crippen LogP contribution in [0.15, 0.2) is 0 Å². The highest BCUT2D eigenvalue weighted by molar-refractivity contribution is 7.47. The summed E-state index contributed by atoms with van der Waals surface area (Å²) >= 11 is 0. The minimum absolute atomic E-state index is 0.104. The average molecular weight is 1380 g/mol. The number of phosphoric acid groups is 2. The standard InChI is InChI=1S/C75H146O17P2/c1-7-9-11-13-15-17-19-21-23-24-25-27-29-31-35-39-47-53-59-74(79)91-70(63-85-72(77)57-51-45-38-34-30-28-26-22-20-18-16-14-12-10-8-2)65-89-93(81,82)87-61-69(76)62-88-94(83,84)90-66-71(64-86-73(78)58-52-46-42-41-44-50-56-68(5)6)92-75(80)60-54-48-40-36-32-33-37-43-49-55-67(3)4/h67-71,76H,7-66H2,1-6H3,(H,81,82)(H,83,84)/t69-,70-,71-/m1/s1. The molecule has 2 unspecified atom stereocenters. The van der Waals surface area contributed by atoms with Gasteiger partial charge in [-0.3, -0.25) is 37.3 Å². The van der Waals surface area contributed by atoms with E-state index < -0.39 is 97.5 Å². The molecule has 0 rings (SSSR count). The Morgan fingerprint density at radius 1 is 0.287 bits per heavy atom.